The summed E-state index contributed by atoms with van der Waals surface area (Å²) in [6, 6.07) is 8.46. The summed E-state index contributed by atoms with van der Waals surface area (Å²) >= 11 is 4.39. The molecule has 0 bridgehead atoms. The van der Waals surface area contributed by atoms with E-state index < -0.39 is 7.15 Å². The van der Waals surface area contributed by atoms with E-state index in [1.54, 1.807) is 21.3 Å². The molecule has 4 rings (SSSR count). The van der Waals surface area contributed by atoms with Gasteiger partial charge in [0, 0.05) is 23.0 Å². The number of benzene rings is 2. The number of hydrogen-bond donors (Lipinski definition) is 1. The van der Waals surface area contributed by atoms with Gasteiger partial charge in [-0.25, -0.2) is 0 Å². The van der Waals surface area contributed by atoms with Crippen LogP contribution in [-0.4, -0.2) is 39.3 Å². The van der Waals surface area contributed by atoms with E-state index in [0.717, 1.165) is 79.1 Å². The summed E-state index contributed by atoms with van der Waals surface area (Å²) in [7, 11) is 4.23. The van der Waals surface area contributed by atoms with Gasteiger partial charge in [0.15, 0.2) is 0 Å². The first kappa shape index (κ1) is 50.9. The second-order valence-electron chi connectivity index (χ2n) is 14.9. The van der Waals surface area contributed by atoms with Crippen LogP contribution in [0.5, 0.6) is 23.0 Å². The van der Waals surface area contributed by atoms with Gasteiger partial charge in [-0.2, -0.15) is 5.75 Å². The van der Waals surface area contributed by atoms with E-state index in [1.807, 2.05) is 13.0 Å². The van der Waals surface area contributed by atoms with Crippen LogP contribution in [0, 0.1) is 11.8 Å². The molecule has 7 heteroatoms. The molecule has 0 spiro atoms. The van der Waals surface area contributed by atoms with Gasteiger partial charge in [-0.3, -0.25) is 4.39 Å². The minimum absolute atomic E-state index is 0. The number of phenols is 1. The van der Waals surface area contributed by atoms with E-state index in [0.29, 0.717) is 17.6 Å². The fraction of sp³-hybridized carbons (Fsp3) is 0.583. The van der Waals surface area contributed by atoms with E-state index in [-0.39, 0.29) is 41.4 Å². The van der Waals surface area contributed by atoms with Crippen molar-refractivity contribution in [3.8, 4) is 23.0 Å². The molecule has 0 fully saturated rings. The monoisotopic (exact) mass is 790 g/mol. The first-order valence-electron chi connectivity index (χ1n) is 20.8. The number of aryl methyl sites for hydroxylation is 2. The first-order chi connectivity index (χ1) is 26.3. The molecule has 55 heavy (non-hydrogen) atoms. The van der Waals surface area contributed by atoms with E-state index in [2.05, 4.69) is 97.7 Å². The third kappa shape index (κ3) is 16.7. The molecule has 0 aliphatic heterocycles. The molecule has 0 amide bonds. The largest absolute Gasteiger partial charge is 1.00 e. The molecule has 2 aliphatic carbocycles. The minimum Gasteiger partial charge on any atom is -0.793 e. The molecular weight excluding hydrogens is 715 g/mol. The maximum Gasteiger partial charge on any atom is 1.00 e. The van der Waals surface area contributed by atoms with Gasteiger partial charge in [-0.05, 0) is 126 Å². The number of hydrogen-bond acceptors (Lipinski definition) is 5. The van der Waals surface area contributed by atoms with Crippen LogP contribution >= 0.6 is 0 Å². The maximum atomic E-state index is 10.8. The zero-order valence-corrected chi connectivity index (χ0v) is 39.4. The first-order valence-corrected chi connectivity index (χ1v) is 20.6. The van der Waals surface area contributed by atoms with Crippen molar-refractivity contribution in [2.24, 2.45) is 11.8 Å². The summed E-state index contributed by atoms with van der Waals surface area (Å²) in [5.41, 5.74) is 9.80. The molecule has 2 aliphatic rings. The summed E-state index contributed by atoms with van der Waals surface area (Å²) in [6.07, 6.45) is 18.5. The molecule has 0 heterocycles. The number of halogens is 1. The van der Waals surface area contributed by atoms with Crippen LogP contribution in [0.1, 0.15) is 148 Å². The molecule has 0 saturated heterocycles. The van der Waals surface area contributed by atoms with Gasteiger partial charge in [0.2, 0.25) is 0 Å². The number of ether oxygens (including phenoxy) is 3. The van der Waals surface area contributed by atoms with Crippen molar-refractivity contribution in [2.75, 3.05) is 34.2 Å². The Morgan fingerprint density at radius 1 is 0.745 bits per heavy atom. The molecule has 2 aromatic rings. The molecule has 304 valence electrons. The molecule has 0 aromatic heterocycles. The van der Waals surface area contributed by atoms with Crippen molar-refractivity contribution in [3.63, 3.8) is 0 Å². The Hall–Kier alpha value is -2.12. The predicted molar refractivity (Wildman–Crippen MR) is 234 cm³/mol. The Kier molecular flexibility index (Phi) is 27.0. The number of rotatable bonds is 15. The van der Waals surface area contributed by atoms with Crippen LogP contribution in [0.3, 0.4) is 0 Å². The van der Waals surface area contributed by atoms with Gasteiger partial charge in [0.1, 0.15) is 23.0 Å². The maximum absolute atomic E-state index is 10.8. The molecule has 0 unspecified atom stereocenters. The van der Waals surface area contributed by atoms with Gasteiger partial charge in [-0.1, -0.05) is 94.1 Å². The van der Waals surface area contributed by atoms with Crippen molar-refractivity contribution in [1.29, 1.82) is 0 Å². The Morgan fingerprint density at radius 2 is 1.09 bits per heavy atom. The second-order valence-corrected chi connectivity index (χ2v) is 15.5. The van der Waals surface area contributed by atoms with Crippen molar-refractivity contribution >= 4 is 12.6 Å². The number of allylic oxidation sites excluding steroid dienone is 6. The quantitative estimate of drug-likeness (QED) is 0.0843. The number of aromatic hydroxyl groups is 1. The summed E-state index contributed by atoms with van der Waals surface area (Å²) in [4.78, 5) is 0. The number of alkyl halides is 1. The average molecular weight is 790 g/mol. The van der Waals surface area contributed by atoms with Gasteiger partial charge in [-0.15, -0.1) is 0 Å². The Morgan fingerprint density at radius 3 is 1.44 bits per heavy atom. The van der Waals surface area contributed by atoms with Gasteiger partial charge < -0.3 is 31.9 Å². The van der Waals surface area contributed by atoms with Crippen LogP contribution in [0.2, 0.25) is 0 Å². The van der Waals surface area contributed by atoms with Gasteiger partial charge in [0.25, 0.3) is 0 Å². The fourth-order valence-electron chi connectivity index (χ4n) is 7.75. The third-order valence-electron chi connectivity index (χ3n) is 10.6. The Bertz CT molecular complexity index is 1500. The van der Waals surface area contributed by atoms with Crippen LogP contribution in [0.25, 0.3) is 0 Å². The molecule has 0 saturated carbocycles. The number of methoxy groups -OCH3 is 3. The summed E-state index contributed by atoms with van der Waals surface area (Å²) in [5, 5.41) is 10.8. The van der Waals surface area contributed by atoms with Crippen molar-refractivity contribution in [2.45, 2.75) is 137 Å². The average Bonchev–Trinajstić information content (AvgIpc) is 3.15. The number of unbranched alkanes of at least 4 members (excludes halogenated alkanes) is 4. The van der Waals surface area contributed by atoms with E-state index in [1.165, 1.54) is 65.5 Å². The third-order valence-corrected chi connectivity index (χ3v) is 10.6. The molecule has 1 N–H and O–H groups in total. The second kappa shape index (κ2) is 29.1. The molecule has 4 atom stereocenters. The van der Waals surface area contributed by atoms with Crippen molar-refractivity contribution in [3.05, 3.63) is 94.1 Å². The Balaban J connectivity index is 0.000000932. The zero-order chi connectivity index (χ0) is 41.5. The topological polar surface area (TPSA) is 47.9 Å². The predicted octanol–water partition coefficient (Wildman–Crippen LogP) is 10.7. The minimum atomic E-state index is -1.00. The van der Waals surface area contributed by atoms with Crippen LogP contribution in [0.15, 0.2) is 71.9 Å². The smallest absolute Gasteiger partial charge is 0.793 e. The summed E-state index contributed by atoms with van der Waals surface area (Å²) in [5.74, 6) is 5.14. The van der Waals surface area contributed by atoms with Crippen LogP contribution in [-0.2, 0) is 25.5 Å². The molecule has 4 nitrogen and oxygen atoms in total. The standard InChI is InChI=1S/C23H34O2.C22H32O2.C2H6S.CH3F.Na/c1-7-8-9-10-18-14-21(24-5)23(22(15-18)25-6)20-13-17(4)11-12-19(20)16(2)3;1-6-7-8-9-17-13-20(23)22(21(14-17)24-5)19-12-16(4)10-11-18(19)15(2)3;1-2-3;1-2;/h13-15,19-20H,2,7-12H2,1,3-6H3;12-14,18-19,23H,2,6-11H2,1,3-5H3;3H,2H2,1H3;1H3;/q;;;;+1/p-1/t19-,20+;18-,19+;;;/m00.../s1/i;;;1D;. The van der Waals surface area contributed by atoms with Gasteiger partial charge in [0.05, 0.1) is 29.9 Å². The molecular formula is C48H74FNaO4S. The van der Waals surface area contributed by atoms with E-state index in [9.17, 15) is 9.50 Å². The van der Waals surface area contributed by atoms with E-state index in [4.69, 9.17) is 15.6 Å². The zero-order valence-electron chi connectivity index (χ0n) is 37.5. The number of phenolic OH excluding ortho intramolecular Hbond substituents is 1. The SMILES string of the molecule is C=C(C)[C@@H]1CCC(C)=C[C@H]1c1c(O)cc(CCCCC)cc1OC.C=C(C)[C@@H]1CCC(C)=C[C@H]1c1c(OC)cc(CCCCC)cc1OC.CC[S-].[2H]CF.[Na+]. The van der Waals surface area contributed by atoms with Gasteiger partial charge >= 0.3 is 29.6 Å². The molecule has 2 aromatic carbocycles. The van der Waals surface area contributed by atoms with Crippen molar-refractivity contribution in [1.82, 2.24) is 0 Å². The van der Waals surface area contributed by atoms with Crippen LogP contribution in [0.4, 0.5) is 4.39 Å². The van der Waals surface area contributed by atoms with Crippen molar-refractivity contribution < 1.29 is 54.6 Å². The fourth-order valence-corrected chi connectivity index (χ4v) is 7.75. The summed E-state index contributed by atoms with van der Waals surface area (Å²) in [6.45, 7) is 23.4. The Labute approximate surface area is 365 Å². The summed E-state index contributed by atoms with van der Waals surface area (Å²) < 4.78 is 32.8. The van der Waals surface area contributed by atoms with E-state index >= 15 is 0 Å². The normalized spacial score (nSPS) is 18.8. The van der Waals surface area contributed by atoms with Crippen LogP contribution < -0.4 is 43.8 Å². The molecule has 0 radical (unpaired) electrons.